The van der Waals surface area contributed by atoms with Crippen LogP contribution in [0.3, 0.4) is 0 Å². The van der Waals surface area contributed by atoms with Gasteiger partial charge in [0, 0.05) is 12.8 Å². The topological polar surface area (TPSA) is 26.3 Å². The summed E-state index contributed by atoms with van der Waals surface area (Å²) in [7, 11) is -2.30. The molecule has 1 atom stereocenters. The SMILES string of the molecule is CCCCCCCCCCCCP(C)(=O)OCCCC. The molecule has 3 heteroatoms. The molecular formula is C17H37O2P. The van der Waals surface area contributed by atoms with Gasteiger partial charge in [-0.1, -0.05) is 78.1 Å². The number of rotatable bonds is 15. The first-order valence-corrected chi connectivity index (χ1v) is 11.1. The fourth-order valence-corrected chi connectivity index (χ4v) is 3.80. The van der Waals surface area contributed by atoms with E-state index < -0.39 is 7.37 Å². The Hall–Kier alpha value is 0.190. The van der Waals surface area contributed by atoms with Crippen molar-refractivity contribution in [1.29, 1.82) is 0 Å². The van der Waals surface area contributed by atoms with Crippen molar-refractivity contribution in [2.75, 3.05) is 19.4 Å². The van der Waals surface area contributed by atoms with Crippen LogP contribution in [-0.4, -0.2) is 19.4 Å². The monoisotopic (exact) mass is 304 g/mol. The molecule has 0 fully saturated rings. The molecule has 0 amide bonds. The first-order chi connectivity index (χ1) is 9.62. The second kappa shape index (κ2) is 14.1. The maximum absolute atomic E-state index is 12.1. The zero-order chi connectivity index (χ0) is 15.1. The van der Waals surface area contributed by atoms with Crippen LogP contribution in [0.5, 0.6) is 0 Å². The summed E-state index contributed by atoms with van der Waals surface area (Å²) in [6.45, 7) is 6.86. The van der Waals surface area contributed by atoms with Crippen LogP contribution in [0.2, 0.25) is 0 Å². The van der Waals surface area contributed by atoms with E-state index in [4.69, 9.17) is 4.52 Å². The second-order valence-corrected chi connectivity index (χ2v) is 8.84. The molecule has 2 nitrogen and oxygen atoms in total. The number of hydrogen-bond donors (Lipinski definition) is 0. The first-order valence-electron chi connectivity index (χ1n) is 8.83. The third kappa shape index (κ3) is 14.6. The van der Waals surface area contributed by atoms with E-state index in [1.807, 2.05) is 0 Å². The van der Waals surface area contributed by atoms with Gasteiger partial charge in [0.15, 0.2) is 7.37 Å². The Morgan fingerprint density at radius 2 is 1.15 bits per heavy atom. The van der Waals surface area contributed by atoms with E-state index in [1.54, 1.807) is 6.66 Å². The van der Waals surface area contributed by atoms with E-state index in [2.05, 4.69) is 13.8 Å². The summed E-state index contributed by atoms with van der Waals surface area (Å²) >= 11 is 0. The third-order valence-corrected chi connectivity index (χ3v) is 5.64. The van der Waals surface area contributed by atoms with Crippen LogP contribution in [0.1, 0.15) is 90.9 Å². The highest BCUT2D eigenvalue weighted by molar-refractivity contribution is 7.58. The van der Waals surface area contributed by atoms with E-state index in [1.165, 1.54) is 57.8 Å². The van der Waals surface area contributed by atoms with Gasteiger partial charge in [-0.15, -0.1) is 0 Å². The van der Waals surface area contributed by atoms with Crippen molar-refractivity contribution >= 4 is 7.37 Å². The Balaban J connectivity index is 3.28. The minimum atomic E-state index is -2.30. The molecule has 0 aliphatic carbocycles. The molecule has 0 N–H and O–H groups in total. The predicted octanol–water partition coefficient (Wildman–Crippen LogP) is 6.63. The lowest BCUT2D eigenvalue weighted by atomic mass is 10.1. The molecule has 0 saturated carbocycles. The second-order valence-electron chi connectivity index (χ2n) is 6.11. The number of hydrogen-bond acceptors (Lipinski definition) is 2. The minimum absolute atomic E-state index is 0.669. The summed E-state index contributed by atoms with van der Waals surface area (Å²) in [5.74, 6) is 0. The Labute approximate surface area is 127 Å². The summed E-state index contributed by atoms with van der Waals surface area (Å²) < 4.78 is 17.6. The highest BCUT2D eigenvalue weighted by Gasteiger charge is 2.14. The molecule has 122 valence electrons. The molecule has 0 bridgehead atoms. The van der Waals surface area contributed by atoms with E-state index in [-0.39, 0.29) is 0 Å². The molecule has 0 saturated heterocycles. The highest BCUT2D eigenvalue weighted by atomic mass is 31.2. The van der Waals surface area contributed by atoms with Crippen molar-refractivity contribution in [3.63, 3.8) is 0 Å². The smallest absolute Gasteiger partial charge is 0.200 e. The highest BCUT2D eigenvalue weighted by Crippen LogP contribution is 2.43. The first kappa shape index (κ1) is 20.2. The van der Waals surface area contributed by atoms with Gasteiger partial charge in [0.2, 0.25) is 0 Å². The Bertz CT molecular complexity index is 241. The van der Waals surface area contributed by atoms with Crippen molar-refractivity contribution in [1.82, 2.24) is 0 Å². The fraction of sp³-hybridized carbons (Fsp3) is 1.00. The molecule has 0 aliphatic heterocycles. The molecule has 0 rings (SSSR count). The van der Waals surface area contributed by atoms with Gasteiger partial charge in [-0.3, -0.25) is 4.57 Å². The molecule has 0 aromatic heterocycles. The summed E-state index contributed by atoms with van der Waals surface area (Å²) in [6.07, 6.45) is 16.1. The lowest BCUT2D eigenvalue weighted by Gasteiger charge is -2.13. The molecule has 0 radical (unpaired) electrons. The molecule has 0 spiro atoms. The van der Waals surface area contributed by atoms with Gasteiger partial charge < -0.3 is 4.52 Å². The van der Waals surface area contributed by atoms with Crippen LogP contribution in [-0.2, 0) is 9.09 Å². The molecule has 20 heavy (non-hydrogen) atoms. The Morgan fingerprint density at radius 1 is 0.700 bits per heavy atom. The quantitative estimate of drug-likeness (QED) is 0.250. The van der Waals surface area contributed by atoms with E-state index in [9.17, 15) is 4.57 Å². The van der Waals surface area contributed by atoms with Gasteiger partial charge in [-0.2, -0.15) is 0 Å². The summed E-state index contributed by atoms with van der Waals surface area (Å²) in [6, 6.07) is 0. The largest absolute Gasteiger partial charge is 0.329 e. The molecule has 0 heterocycles. The Morgan fingerprint density at radius 3 is 1.65 bits per heavy atom. The summed E-state index contributed by atoms with van der Waals surface area (Å²) in [4.78, 5) is 0. The van der Waals surface area contributed by atoms with Gasteiger partial charge in [0.25, 0.3) is 0 Å². The molecule has 1 unspecified atom stereocenters. The number of unbranched alkanes of at least 4 members (excludes halogenated alkanes) is 10. The molecule has 0 aliphatic rings. The Kier molecular flexibility index (Phi) is 14.3. The van der Waals surface area contributed by atoms with Crippen molar-refractivity contribution in [3.8, 4) is 0 Å². The summed E-state index contributed by atoms with van der Waals surface area (Å²) in [5, 5.41) is 0. The standard InChI is InChI=1S/C17H37O2P/c1-4-6-8-9-10-11-12-13-14-15-17-20(3,18)19-16-7-5-2/h4-17H2,1-3H3. The van der Waals surface area contributed by atoms with Crippen LogP contribution < -0.4 is 0 Å². The molecular weight excluding hydrogens is 267 g/mol. The van der Waals surface area contributed by atoms with Gasteiger partial charge in [0.05, 0.1) is 6.61 Å². The molecule has 0 aromatic carbocycles. The van der Waals surface area contributed by atoms with Crippen LogP contribution in [0.4, 0.5) is 0 Å². The lowest BCUT2D eigenvalue weighted by molar-refractivity contribution is 0.308. The minimum Gasteiger partial charge on any atom is -0.329 e. The normalized spacial score (nSPS) is 14.3. The predicted molar refractivity (Wildman–Crippen MR) is 91.1 cm³/mol. The third-order valence-electron chi connectivity index (χ3n) is 3.78. The van der Waals surface area contributed by atoms with Crippen LogP contribution in [0, 0.1) is 0 Å². The molecule has 0 aromatic rings. The lowest BCUT2D eigenvalue weighted by Crippen LogP contribution is -1.96. The van der Waals surface area contributed by atoms with E-state index in [0.29, 0.717) is 6.61 Å². The van der Waals surface area contributed by atoms with Crippen molar-refractivity contribution < 1.29 is 9.09 Å². The van der Waals surface area contributed by atoms with Crippen molar-refractivity contribution in [3.05, 3.63) is 0 Å². The maximum Gasteiger partial charge on any atom is 0.200 e. The summed E-state index contributed by atoms with van der Waals surface area (Å²) in [5.41, 5.74) is 0. The van der Waals surface area contributed by atoms with Crippen molar-refractivity contribution in [2.45, 2.75) is 90.9 Å². The van der Waals surface area contributed by atoms with Gasteiger partial charge >= 0.3 is 0 Å². The van der Waals surface area contributed by atoms with Crippen LogP contribution in [0.15, 0.2) is 0 Å². The van der Waals surface area contributed by atoms with Gasteiger partial charge in [-0.25, -0.2) is 0 Å². The van der Waals surface area contributed by atoms with E-state index in [0.717, 1.165) is 25.4 Å². The van der Waals surface area contributed by atoms with Gasteiger partial charge in [-0.05, 0) is 12.8 Å². The van der Waals surface area contributed by atoms with Crippen molar-refractivity contribution in [2.24, 2.45) is 0 Å². The average Bonchev–Trinajstić information content (AvgIpc) is 2.41. The fourth-order valence-electron chi connectivity index (χ4n) is 2.35. The maximum atomic E-state index is 12.1. The zero-order valence-electron chi connectivity index (χ0n) is 14.2. The van der Waals surface area contributed by atoms with Gasteiger partial charge in [0.1, 0.15) is 0 Å². The van der Waals surface area contributed by atoms with Crippen LogP contribution >= 0.6 is 7.37 Å². The average molecular weight is 304 g/mol. The zero-order valence-corrected chi connectivity index (χ0v) is 15.1. The van der Waals surface area contributed by atoms with E-state index >= 15 is 0 Å². The van der Waals surface area contributed by atoms with Crippen LogP contribution in [0.25, 0.3) is 0 Å².